The van der Waals surface area contributed by atoms with Gasteiger partial charge in [0.05, 0.1) is 5.03 Å². The van der Waals surface area contributed by atoms with Gasteiger partial charge in [0, 0.05) is 6.08 Å². The maximum absolute atomic E-state index is 10.1. The zero-order chi connectivity index (χ0) is 9.02. The molecule has 1 atom stereocenters. The van der Waals surface area contributed by atoms with Crippen molar-refractivity contribution in [3.05, 3.63) is 11.1 Å². The van der Waals surface area contributed by atoms with Crippen molar-refractivity contribution in [1.29, 1.82) is 0 Å². The lowest BCUT2D eigenvalue weighted by molar-refractivity contribution is -0.137. The normalized spacial score (nSPS) is 14.2. The Morgan fingerprint density at radius 2 is 1.91 bits per heavy atom. The van der Waals surface area contributed by atoms with Gasteiger partial charge in [-0.05, 0) is 0 Å². The van der Waals surface area contributed by atoms with Crippen molar-refractivity contribution in [2.45, 2.75) is 6.04 Å². The van der Waals surface area contributed by atoms with E-state index >= 15 is 0 Å². The fraction of sp³-hybridized carbons (Fsp3) is 0.200. The van der Waals surface area contributed by atoms with Gasteiger partial charge >= 0.3 is 11.9 Å². The Morgan fingerprint density at radius 1 is 1.45 bits per heavy atom. The number of hydrogen-bond donors (Lipinski definition) is 3. The van der Waals surface area contributed by atoms with Crippen LogP contribution in [-0.2, 0) is 9.59 Å². The largest absolute Gasteiger partial charge is 0.480 e. The Hall–Kier alpha value is -1.07. The Kier molecular flexibility index (Phi) is 3.56. The summed E-state index contributed by atoms with van der Waals surface area (Å²) in [6.07, 6.45) is 0.542. The van der Waals surface area contributed by atoms with Gasteiger partial charge in [-0.1, -0.05) is 11.6 Å². The standard InChI is InChI=1S/C5H6ClNO4/c6-2(1-3(8)9)4(7)5(10)11/h1,4H,7H2,(H,8,9)(H,10,11)/t4-/m0/s1. The molecule has 0 unspecified atom stereocenters. The molecule has 0 aliphatic rings. The van der Waals surface area contributed by atoms with E-state index in [1.807, 2.05) is 0 Å². The molecule has 0 fully saturated rings. The predicted molar refractivity (Wildman–Crippen MR) is 37.2 cm³/mol. The number of halogens is 1. The van der Waals surface area contributed by atoms with Crippen LogP contribution in [0.5, 0.6) is 0 Å². The van der Waals surface area contributed by atoms with E-state index < -0.39 is 23.0 Å². The first kappa shape index (κ1) is 9.93. The van der Waals surface area contributed by atoms with Crippen LogP contribution in [0.4, 0.5) is 0 Å². The lowest BCUT2D eigenvalue weighted by atomic mass is 10.3. The molecule has 0 saturated carbocycles. The summed E-state index contributed by atoms with van der Waals surface area (Å²) in [6, 6.07) is -1.47. The molecule has 0 radical (unpaired) electrons. The Labute approximate surface area is 67.1 Å². The van der Waals surface area contributed by atoms with Crippen molar-refractivity contribution in [2.24, 2.45) is 5.73 Å². The van der Waals surface area contributed by atoms with Crippen LogP contribution in [0.1, 0.15) is 0 Å². The van der Waals surface area contributed by atoms with Gasteiger partial charge in [-0.3, -0.25) is 4.79 Å². The molecule has 11 heavy (non-hydrogen) atoms. The second-order valence-corrected chi connectivity index (χ2v) is 2.12. The second-order valence-electron chi connectivity index (χ2n) is 1.68. The number of carboxylic acid groups (broad SMARTS) is 2. The molecule has 6 heteroatoms. The molecular weight excluding hydrogens is 174 g/mol. The van der Waals surface area contributed by atoms with E-state index in [0.29, 0.717) is 6.08 Å². The van der Waals surface area contributed by atoms with E-state index in [0.717, 1.165) is 0 Å². The van der Waals surface area contributed by atoms with E-state index in [1.165, 1.54) is 0 Å². The SMILES string of the molecule is N[C@H](C(=O)O)C(Cl)=CC(=O)O. The summed E-state index contributed by atoms with van der Waals surface area (Å²) in [5.74, 6) is -2.70. The maximum atomic E-state index is 10.1. The van der Waals surface area contributed by atoms with Crippen molar-refractivity contribution in [1.82, 2.24) is 0 Å². The van der Waals surface area contributed by atoms with Crippen LogP contribution >= 0.6 is 11.6 Å². The fourth-order valence-electron chi connectivity index (χ4n) is 0.326. The number of nitrogens with two attached hydrogens (primary N) is 1. The molecule has 0 aliphatic heterocycles. The summed E-state index contributed by atoms with van der Waals surface area (Å²) in [7, 11) is 0. The van der Waals surface area contributed by atoms with Crippen LogP contribution < -0.4 is 5.73 Å². The number of carbonyl (C=O) groups is 2. The van der Waals surface area contributed by atoms with Crippen LogP contribution in [-0.4, -0.2) is 28.2 Å². The van der Waals surface area contributed by atoms with Gasteiger partial charge in [0.25, 0.3) is 0 Å². The van der Waals surface area contributed by atoms with Crippen LogP contribution in [0.25, 0.3) is 0 Å². The van der Waals surface area contributed by atoms with Crippen molar-refractivity contribution in [3.8, 4) is 0 Å². The van der Waals surface area contributed by atoms with E-state index in [4.69, 9.17) is 27.5 Å². The lowest BCUT2D eigenvalue weighted by Gasteiger charge is -2.01. The van der Waals surface area contributed by atoms with Gasteiger partial charge in [-0.2, -0.15) is 0 Å². The van der Waals surface area contributed by atoms with Crippen LogP contribution in [0, 0.1) is 0 Å². The third-order valence-electron chi connectivity index (χ3n) is 0.825. The molecule has 0 aromatic rings. The van der Waals surface area contributed by atoms with Gasteiger partial charge in [0.15, 0.2) is 0 Å². The number of aliphatic carboxylic acids is 2. The zero-order valence-corrected chi connectivity index (χ0v) is 6.08. The summed E-state index contributed by atoms with van der Waals surface area (Å²) in [5, 5.41) is 15.9. The molecule has 62 valence electrons. The summed E-state index contributed by atoms with van der Waals surface area (Å²) in [4.78, 5) is 20.0. The van der Waals surface area contributed by atoms with Crippen molar-refractivity contribution >= 4 is 23.5 Å². The molecule has 4 N–H and O–H groups in total. The average Bonchev–Trinajstić information content (AvgIpc) is 1.84. The molecular formula is C5H6ClNO4. The van der Waals surface area contributed by atoms with Gasteiger partial charge in [-0.15, -0.1) is 0 Å². The first-order valence-electron chi connectivity index (χ1n) is 2.53. The predicted octanol–water partition coefficient (Wildman–Crippen LogP) is -0.394. The van der Waals surface area contributed by atoms with E-state index in [9.17, 15) is 9.59 Å². The van der Waals surface area contributed by atoms with Crippen molar-refractivity contribution in [3.63, 3.8) is 0 Å². The molecule has 0 rings (SSSR count). The topological polar surface area (TPSA) is 101 Å². The smallest absolute Gasteiger partial charge is 0.329 e. The molecule has 0 amide bonds. The highest BCUT2D eigenvalue weighted by atomic mass is 35.5. The highest BCUT2D eigenvalue weighted by Gasteiger charge is 2.15. The van der Waals surface area contributed by atoms with E-state index in [-0.39, 0.29) is 0 Å². The number of hydrogen-bond acceptors (Lipinski definition) is 3. The van der Waals surface area contributed by atoms with Crippen LogP contribution in [0.15, 0.2) is 11.1 Å². The molecule has 0 spiro atoms. The zero-order valence-electron chi connectivity index (χ0n) is 5.32. The highest BCUT2D eigenvalue weighted by molar-refractivity contribution is 6.33. The minimum Gasteiger partial charge on any atom is -0.480 e. The lowest BCUT2D eigenvalue weighted by Crippen LogP contribution is -2.30. The molecule has 5 nitrogen and oxygen atoms in total. The van der Waals surface area contributed by atoms with Crippen molar-refractivity contribution in [2.75, 3.05) is 0 Å². The Bertz CT molecular complexity index is 213. The third kappa shape index (κ3) is 3.59. The quantitative estimate of drug-likeness (QED) is 0.512. The molecule has 0 saturated heterocycles. The summed E-state index contributed by atoms with van der Waals surface area (Å²) in [5.41, 5.74) is 4.95. The molecule has 0 bridgehead atoms. The van der Waals surface area contributed by atoms with Gasteiger partial charge in [0.1, 0.15) is 6.04 Å². The average molecular weight is 180 g/mol. The summed E-state index contributed by atoms with van der Waals surface area (Å²) in [6.45, 7) is 0. The molecule has 0 heterocycles. The first-order valence-corrected chi connectivity index (χ1v) is 2.91. The minimum atomic E-state index is -1.47. The molecule has 0 aliphatic carbocycles. The number of rotatable bonds is 3. The van der Waals surface area contributed by atoms with Gasteiger partial charge < -0.3 is 15.9 Å². The Balaban J connectivity index is 4.35. The summed E-state index contributed by atoms with van der Waals surface area (Å²) >= 11 is 5.20. The van der Waals surface area contributed by atoms with E-state index in [2.05, 4.69) is 0 Å². The monoisotopic (exact) mass is 179 g/mol. The fourth-order valence-corrected chi connectivity index (χ4v) is 0.512. The number of carboxylic acids is 2. The molecule has 0 aromatic carbocycles. The maximum Gasteiger partial charge on any atom is 0.329 e. The Morgan fingerprint density at radius 3 is 2.18 bits per heavy atom. The van der Waals surface area contributed by atoms with Gasteiger partial charge in [-0.25, -0.2) is 4.79 Å². The minimum absolute atomic E-state index is 0.412. The third-order valence-corrected chi connectivity index (χ3v) is 1.17. The van der Waals surface area contributed by atoms with E-state index in [1.54, 1.807) is 0 Å². The van der Waals surface area contributed by atoms with Crippen LogP contribution in [0.3, 0.4) is 0 Å². The molecule has 0 aromatic heterocycles. The summed E-state index contributed by atoms with van der Waals surface area (Å²) < 4.78 is 0. The second kappa shape index (κ2) is 3.95. The van der Waals surface area contributed by atoms with Crippen LogP contribution in [0.2, 0.25) is 0 Å². The van der Waals surface area contributed by atoms with Gasteiger partial charge in [0.2, 0.25) is 0 Å². The first-order chi connectivity index (χ1) is 4.95. The van der Waals surface area contributed by atoms with Crippen molar-refractivity contribution < 1.29 is 19.8 Å². The highest BCUT2D eigenvalue weighted by Crippen LogP contribution is 2.05.